The van der Waals surface area contributed by atoms with Gasteiger partial charge < -0.3 is 16.2 Å². The number of rotatable bonds is 4. The van der Waals surface area contributed by atoms with Crippen LogP contribution in [0.5, 0.6) is 0 Å². The summed E-state index contributed by atoms with van der Waals surface area (Å²) in [6.45, 7) is 0.130. The van der Waals surface area contributed by atoms with Crippen LogP contribution in [0.1, 0.15) is 5.56 Å². The Morgan fingerprint density at radius 2 is 2.07 bits per heavy atom. The molecule has 1 atom stereocenters. The van der Waals surface area contributed by atoms with E-state index in [-0.39, 0.29) is 18.9 Å². The van der Waals surface area contributed by atoms with Crippen molar-refractivity contribution in [3.63, 3.8) is 0 Å². The monoisotopic (exact) mass is 212 g/mol. The smallest absolute Gasteiger partial charge is 0.250 e. The number of hydrogen-bond donors (Lipinski definition) is 3. The summed E-state index contributed by atoms with van der Waals surface area (Å²) >= 11 is 0. The van der Waals surface area contributed by atoms with Crippen LogP contribution < -0.4 is 11.1 Å². The Bertz CT molecular complexity index is 327. The first-order valence-electron chi connectivity index (χ1n) is 4.53. The van der Waals surface area contributed by atoms with E-state index in [1.165, 1.54) is 12.1 Å². The van der Waals surface area contributed by atoms with Crippen LogP contribution in [0.2, 0.25) is 0 Å². The second-order valence-electron chi connectivity index (χ2n) is 3.10. The largest absolute Gasteiger partial charge is 0.382 e. The van der Waals surface area contributed by atoms with Gasteiger partial charge in [-0.15, -0.1) is 0 Å². The van der Waals surface area contributed by atoms with Gasteiger partial charge in [0, 0.05) is 13.1 Å². The summed E-state index contributed by atoms with van der Waals surface area (Å²) in [4.78, 5) is 11.1. The predicted octanol–water partition coefficient (Wildman–Crippen LogP) is -0.238. The number of carbonyl (C=O) groups is 1. The van der Waals surface area contributed by atoms with Gasteiger partial charge in [-0.25, -0.2) is 4.39 Å². The van der Waals surface area contributed by atoms with Crippen molar-refractivity contribution >= 4 is 5.91 Å². The van der Waals surface area contributed by atoms with E-state index in [2.05, 4.69) is 5.32 Å². The van der Waals surface area contributed by atoms with Crippen LogP contribution in [-0.4, -0.2) is 23.7 Å². The molecule has 0 aromatic heterocycles. The fourth-order valence-electron chi connectivity index (χ4n) is 1.02. The van der Waals surface area contributed by atoms with E-state index in [1.54, 1.807) is 12.1 Å². The molecule has 0 aliphatic heterocycles. The average Bonchev–Trinajstić information content (AvgIpc) is 2.26. The van der Waals surface area contributed by atoms with E-state index in [0.717, 1.165) is 5.56 Å². The SMILES string of the molecule is NCC(O)C(=O)NCc1ccc(F)cc1. The van der Waals surface area contributed by atoms with E-state index < -0.39 is 12.0 Å². The minimum atomic E-state index is -1.19. The van der Waals surface area contributed by atoms with Crippen molar-refractivity contribution < 1.29 is 14.3 Å². The van der Waals surface area contributed by atoms with Crippen LogP contribution in [0.15, 0.2) is 24.3 Å². The Morgan fingerprint density at radius 3 is 2.60 bits per heavy atom. The normalized spacial score (nSPS) is 12.2. The first-order chi connectivity index (χ1) is 7.13. The molecule has 82 valence electrons. The lowest BCUT2D eigenvalue weighted by Crippen LogP contribution is -2.38. The Labute approximate surface area is 86.9 Å². The second-order valence-corrected chi connectivity index (χ2v) is 3.10. The second kappa shape index (κ2) is 5.43. The highest BCUT2D eigenvalue weighted by molar-refractivity contribution is 5.80. The van der Waals surface area contributed by atoms with Crippen molar-refractivity contribution in [3.05, 3.63) is 35.6 Å². The van der Waals surface area contributed by atoms with Gasteiger partial charge in [-0.3, -0.25) is 4.79 Å². The standard InChI is InChI=1S/C10H13FN2O2/c11-8-3-1-7(2-4-8)6-13-10(15)9(14)5-12/h1-4,9,14H,5-6,12H2,(H,13,15). The first-order valence-corrected chi connectivity index (χ1v) is 4.53. The van der Waals surface area contributed by atoms with Gasteiger partial charge in [0.25, 0.3) is 0 Å². The summed E-state index contributed by atoms with van der Waals surface area (Å²) in [5.74, 6) is -0.853. The molecule has 1 amide bonds. The quantitative estimate of drug-likeness (QED) is 0.645. The summed E-state index contributed by atoms with van der Waals surface area (Å²) in [6, 6.07) is 5.73. The summed E-state index contributed by atoms with van der Waals surface area (Å²) in [5.41, 5.74) is 5.86. The summed E-state index contributed by atoms with van der Waals surface area (Å²) in [7, 11) is 0. The number of nitrogens with one attached hydrogen (secondary N) is 1. The zero-order valence-corrected chi connectivity index (χ0v) is 8.11. The van der Waals surface area contributed by atoms with Gasteiger partial charge in [0.15, 0.2) is 0 Å². The zero-order chi connectivity index (χ0) is 11.3. The summed E-state index contributed by atoms with van der Waals surface area (Å²) < 4.78 is 12.5. The Hall–Kier alpha value is -1.46. The molecule has 1 aromatic rings. The van der Waals surface area contributed by atoms with Crippen molar-refractivity contribution in [3.8, 4) is 0 Å². The van der Waals surface area contributed by atoms with Crippen LogP contribution in [0, 0.1) is 5.82 Å². The molecule has 0 bridgehead atoms. The molecule has 1 unspecified atom stereocenters. The Morgan fingerprint density at radius 1 is 1.47 bits per heavy atom. The lowest BCUT2D eigenvalue weighted by Gasteiger charge is -2.08. The Balaban J connectivity index is 2.43. The van der Waals surface area contributed by atoms with Gasteiger partial charge >= 0.3 is 0 Å². The maximum absolute atomic E-state index is 12.5. The molecule has 0 spiro atoms. The average molecular weight is 212 g/mol. The number of aliphatic hydroxyl groups excluding tert-OH is 1. The van der Waals surface area contributed by atoms with Crippen molar-refractivity contribution in [1.82, 2.24) is 5.32 Å². The lowest BCUT2D eigenvalue weighted by atomic mass is 10.2. The fourth-order valence-corrected chi connectivity index (χ4v) is 1.02. The topological polar surface area (TPSA) is 75.3 Å². The highest BCUT2D eigenvalue weighted by Gasteiger charge is 2.11. The molecule has 1 rings (SSSR count). The molecule has 0 saturated heterocycles. The minimum absolute atomic E-state index is 0.116. The van der Waals surface area contributed by atoms with Crippen molar-refractivity contribution in [1.29, 1.82) is 0 Å². The van der Waals surface area contributed by atoms with E-state index >= 15 is 0 Å². The van der Waals surface area contributed by atoms with Crippen LogP contribution in [0.4, 0.5) is 4.39 Å². The van der Waals surface area contributed by atoms with Crippen molar-refractivity contribution in [2.75, 3.05) is 6.54 Å². The lowest BCUT2D eigenvalue weighted by molar-refractivity contribution is -0.128. The molecule has 4 N–H and O–H groups in total. The Kier molecular flexibility index (Phi) is 4.20. The number of carbonyl (C=O) groups excluding carboxylic acids is 1. The molecule has 0 aliphatic carbocycles. The van der Waals surface area contributed by atoms with Gasteiger partial charge in [-0.1, -0.05) is 12.1 Å². The van der Waals surface area contributed by atoms with Gasteiger partial charge in [-0.2, -0.15) is 0 Å². The first kappa shape index (κ1) is 11.6. The maximum Gasteiger partial charge on any atom is 0.250 e. The van der Waals surface area contributed by atoms with E-state index in [4.69, 9.17) is 10.8 Å². The molecule has 15 heavy (non-hydrogen) atoms. The molecule has 0 heterocycles. The number of hydrogen-bond acceptors (Lipinski definition) is 3. The van der Waals surface area contributed by atoms with Gasteiger partial charge in [-0.05, 0) is 17.7 Å². The van der Waals surface area contributed by atoms with Gasteiger partial charge in [0.2, 0.25) is 5.91 Å². The molecule has 5 heteroatoms. The number of amides is 1. The highest BCUT2D eigenvalue weighted by atomic mass is 19.1. The number of aliphatic hydroxyl groups is 1. The fraction of sp³-hybridized carbons (Fsp3) is 0.300. The zero-order valence-electron chi connectivity index (χ0n) is 8.11. The molecule has 0 radical (unpaired) electrons. The summed E-state index contributed by atoms with van der Waals surface area (Å²) in [6.07, 6.45) is -1.19. The van der Waals surface area contributed by atoms with Crippen LogP contribution in [-0.2, 0) is 11.3 Å². The van der Waals surface area contributed by atoms with E-state index in [9.17, 15) is 9.18 Å². The van der Waals surface area contributed by atoms with E-state index in [0.29, 0.717) is 0 Å². The molecule has 0 aliphatic rings. The minimum Gasteiger partial charge on any atom is -0.382 e. The van der Waals surface area contributed by atoms with E-state index in [1.807, 2.05) is 0 Å². The molecule has 1 aromatic carbocycles. The van der Waals surface area contributed by atoms with Crippen LogP contribution in [0.3, 0.4) is 0 Å². The molecule has 0 fully saturated rings. The molecule has 4 nitrogen and oxygen atoms in total. The van der Waals surface area contributed by atoms with Crippen molar-refractivity contribution in [2.45, 2.75) is 12.6 Å². The number of nitrogens with two attached hydrogens (primary N) is 1. The van der Waals surface area contributed by atoms with Gasteiger partial charge in [0.1, 0.15) is 11.9 Å². The summed E-state index contributed by atoms with van der Waals surface area (Å²) in [5, 5.41) is 11.5. The predicted molar refractivity (Wildman–Crippen MR) is 53.3 cm³/mol. The maximum atomic E-state index is 12.5. The van der Waals surface area contributed by atoms with Gasteiger partial charge in [0.05, 0.1) is 0 Å². The highest BCUT2D eigenvalue weighted by Crippen LogP contribution is 2.01. The third-order valence-corrected chi connectivity index (χ3v) is 1.91. The number of halogens is 1. The third kappa shape index (κ3) is 3.65. The third-order valence-electron chi connectivity index (χ3n) is 1.91. The molecular weight excluding hydrogens is 199 g/mol. The number of benzene rings is 1. The van der Waals surface area contributed by atoms with Crippen LogP contribution in [0.25, 0.3) is 0 Å². The van der Waals surface area contributed by atoms with Crippen LogP contribution >= 0.6 is 0 Å². The molecule has 0 saturated carbocycles. The van der Waals surface area contributed by atoms with Crippen molar-refractivity contribution in [2.24, 2.45) is 5.73 Å². The molecular formula is C10H13FN2O2.